The predicted molar refractivity (Wildman–Crippen MR) is 345 cm³/mol. The third-order valence-corrected chi connectivity index (χ3v) is 17.4. The molecule has 17 nitrogen and oxygen atoms in total. The number of aliphatic hydroxyl groups is 1. The van der Waals surface area contributed by atoms with E-state index in [9.17, 15) is 43.2 Å². The Morgan fingerprint density at radius 3 is 0.791 bits per heavy atom. The van der Waals surface area contributed by atoms with Crippen LogP contribution in [0, 0.1) is 11.8 Å². The highest BCUT2D eigenvalue weighted by Gasteiger charge is 2.30. The maximum atomic E-state index is 13.0. The van der Waals surface area contributed by atoms with E-state index >= 15 is 0 Å². The number of hydrogen-bond donors (Lipinski definition) is 3. The fourth-order valence-corrected chi connectivity index (χ4v) is 11.6. The van der Waals surface area contributed by atoms with E-state index in [4.69, 9.17) is 37.0 Å². The van der Waals surface area contributed by atoms with Crippen molar-refractivity contribution in [2.45, 2.75) is 355 Å². The number of phosphoric ester groups is 2. The second kappa shape index (κ2) is 59.4. The summed E-state index contributed by atoms with van der Waals surface area (Å²) in [5.74, 6) is -0.679. The van der Waals surface area contributed by atoms with Gasteiger partial charge in [0.05, 0.1) is 26.4 Å². The van der Waals surface area contributed by atoms with Crippen molar-refractivity contribution >= 4 is 39.5 Å². The molecule has 2 unspecified atom stereocenters. The van der Waals surface area contributed by atoms with Crippen molar-refractivity contribution in [1.82, 2.24) is 0 Å². The van der Waals surface area contributed by atoms with Crippen LogP contribution in [-0.4, -0.2) is 96.7 Å². The van der Waals surface area contributed by atoms with Crippen molar-refractivity contribution in [1.29, 1.82) is 0 Å². The van der Waals surface area contributed by atoms with Gasteiger partial charge in [-0.25, -0.2) is 9.13 Å². The second-order valence-corrected chi connectivity index (χ2v) is 28.1. The van der Waals surface area contributed by atoms with E-state index < -0.39 is 97.5 Å². The Morgan fingerprint density at radius 2 is 0.535 bits per heavy atom. The van der Waals surface area contributed by atoms with E-state index in [0.717, 1.165) is 108 Å². The molecule has 0 heterocycles. The Kier molecular flexibility index (Phi) is 58.0. The van der Waals surface area contributed by atoms with Gasteiger partial charge in [0.2, 0.25) is 0 Å². The number of hydrogen-bond acceptors (Lipinski definition) is 15. The van der Waals surface area contributed by atoms with Crippen molar-refractivity contribution in [3.63, 3.8) is 0 Å². The predicted octanol–water partition coefficient (Wildman–Crippen LogP) is 18.8. The lowest BCUT2D eigenvalue weighted by Gasteiger charge is -2.21. The molecule has 510 valence electrons. The summed E-state index contributed by atoms with van der Waals surface area (Å²) in [4.78, 5) is 72.1. The van der Waals surface area contributed by atoms with Gasteiger partial charge in [-0.2, -0.15) is 0 Å². The number of phosphoric acid groups is 2. The van der Waals surface area contributed by atoms with Crippen LogP contribution in [0.25, 0.3) is 0 Å². The Balaban J connectivity index is 5.15. The SMILES string of the molecule is CCCCCCCCCCCCCCCCCCCCC(=O)O[C@H](COC(=O)CCCCCCCCCCCC(C)C)COP(=O)(O)OC[C@@H](O)COP(=O)(O)OC[C@@H](COC(=O)CCCCCCC)OC(=O)CCCCCCCCCCC(C)C. The summed E-state index contributed by atoms with van der Waals surface area (Å²) in [5, 5.41) is 10.5. The molecule has 0 aliphatic carbocycles. The normalized spacial score (nSPS) is 14.2. The molecule has 0 aliphatic rings. The highest BCUT2D eigenvalue weighted by molar-refractivity contribution is 7.47. The van der Waals surface area contributed by atoms with E-state index in [1.54, 1.807) is 0 Å². The van der Waals surface area contributed by atoms with Crippen molar-refractivity contribution in [3.8, 4) is 0 Å². The summed E-state index contributed by atoms with van der Waals surface area (Å²) >= 11 is 0. The average Bonchev–Trinajstić information content (AvgIpc) is 3.62. The molecule has 0 saturated heterocycles. The summed E-state index contributed by atoms with van der Waals surface area (Å²) in [5.41, 5.74) is 0. The number of rotatable bonds is 66. The van der Waals surface area contributed by atoms with Crippen LogP contribution < -0.4 is 0 Å². The van der Waals surface area contributed by atoms with Gasteiger partial charge >= 0.3 is 39.5 Å². The fourth-order valence-electron chi connectivity index (χ4n) is 10.1. The first-order chi connectivity index (χ1) is 41.4. The van der Waals surface area contributed by atoms with Gasteiger partial charge in [0, 0.05) is 25.7 Å². The summed E-state index contributed by atoms with van der Waals surface area (Å²) in [6.07, 6.45) is 43.6. The van der Waals surface area contributed by atoms with Gasteiger partial charge in [0.1, 0.15) is 19.3 Å². The van der Waals surface area contributed by atoms with E-state index in [1.165, 1.54) is 148 Å². The Labute approximate surface area is 524 Å². The zero-order valence-corrected chi connectivity index (χ0v) is 57.4. The van der Waals surface area contributed by atoms with Crippen molar-refractivity contribution in [2.24, 2.45) is 11.8 Å². The molecule has 0 rings (SSSR count). The van der Waals surface area contributed by atoms with Crippen molar-refractivity contribution < 1.29 is 80.2 Å². The van der Waals surface area contributed by atoms with Crippen molar-refractivity contribution in [2.75, 3.05) is 39.6 Å². The lowest BCUT2D eigenvalue weighted by molar-refractivity contribution is -0.161. The van der Waals surface area contributed by atoms with Crippen LogP contribution in [0.15, 0.2) is 0 Å². The zero-order valence-electron chi connectivity index (χ0n) is 55.6. The van der Waals surface area contributed by atoms with Crippen LogP contribution in [-0.2, 0) is 65.4 Å². The number of unbranched alkanes of at least 4 members (excludes halogenated alkanes) is 36. The molecular formula is C67H130O17P2. The minimum Gasteiger partial charge on any atom is -0.462 e. The van der Waals surface area contributed by atoms with Gasteiger partial charge in [0.25, 0.3) is 0 Å². The second-order valence-electron chi connectivity index (χ2n) is 25.2. The molecule has 19 heteroatoms. The summed E-state index contributed by atoms with van der Waals surface area (Å²) in [6.45, 7) is 9.37. The molecule has 0 aromatic rings. The minimum absolute atomic E-state index is 0.103. The average molecular weight is 1270 g/mol. The number of aliphatic hydroxyl groups excluding tert-OH is 1. The van der Waals surface area contributed by atoms with E-state index in [1.807, 2.05) is 0 Å². The highest BCUT2D eigenvalue weighted by atomic mass is 31.2. The lowest BCUT2D eigenvalue weighted by atomic mass is 10.0. The highest BCUT2D eigenvalue weighted by Crippen LogP contribution is 2.45. The first kappa shape index (κ1) is 84.1. The van der Waals surface area contributed by atoms with Gasteiger partial charge in [-0.05, 0) is 37.5 Å². The molecule has 0 bridgehead atoms. The van der Waals surface area contributed by atoms with Crippen LogP contribution in [0.5, 0.6) is 0 Å². The summed E-state index contributed by atoms with van der Waals surface area (Å²) in [6, 6.07) is 0. The monoisotopic (exact) mass is 1270 g/mol. The third kappa shape index (κ3) is 60.9. The number of ether oxygens (including phenoxy) is 4. The first-order valence-electron chi connectivity index (χ1n) is 35.0. The molecular weight excluding hydrogens is 1140 g/mol. The van der Waals surface area contributed by atoms with Crippen LogP contribution in [0.2, 0.25) is 0 Å². The molecule has 0 aromatic heterocycles. The molecule has 5 atom stereocenters. The van der Waals surface area contributed by atoms with Gasteiger partial charge in [-0.1, -0.05) is 286 Å². The van der Waals surface area contributed by atoms with Gasteiger partial charge in [0.15, 0.2) is 12.2 Å². The van der Waals surface area contributed by atoms with Crippen LogP contribution in [0.3, 0.4) is 0 Å². The minimum atomic E-state index is -4.95. The maximum absolute atomic E-state index is 13.0. The van der Waals surface area contributed by atoms with Crippen LogP contribution in [0.1, 0.15) is 337 Å². The molecule has 0 aliphatic heterocycles. The Morgan fingerprint density at radius 1 is 0.314 bits per heavy atom. The lowest BCUT2D eigenvalue weighted by Crippen LogP contribution is -2.30. The molecule has 0 aromatic carbocycles. The number of carbonyl (C=O) groups is 4. The number of esters is 4. The van der Waals surface area contributed by atoms with E-state index in [-0.39, 0.29) is 25.7 Å². The molecule has 0 radical (unpaired) electrons. The van der Waals surface area contributed by atoms with E-state index in [2.05, 4.69) is 41.5 Å². The first-order valence-corrected chi connectivity index (χ1v) is 38.0. The molecule has 0 saturated carbocycles. The molecule has 0 fully saturated rings. The Hall–Kier alpha value is -1.94. The Bertz CT molecular complexity index is 1680. The topological polar surface area (TPSA) is 237 Å². The smallest absolute Gasteiger partial charge is 0.462 e. The zero-order chi connectivity index (χ0) is 63.6. The summed E-state index contributed by atoms with van der Waals surface area (Å²) in [7, 11) is -9.88. The van der Waals surface area contributed by atoms with E-state index in [0.29, 0.717) is 25.7 Å². The van der Waals surface area contributed by atoms with Gasteiger partial charge < -0.3 is 33.8 Å². The standard InChI is InChI=1S/C67H130O17P2/c1-7-9-11-13-14-15-16-17-18-19-20-21-22-23-26-33-39-45-51-66(71)84-63(56-78-65(70)50-44-38-32-27-24-25-30-36-41-47-59(3)4)58-82-86(75,76)80-54-61(68)53-79-85(73,74)81-57-62(55-77-64(69)49-43-35-12-10-8-2)83-67(72)52-46-40-34-29-28-31-37-42-48-60(5)6/h59-63,68H,7-58H2,1-6H3,(H,73,74)(H,75,76)/t61-,62+,63+/m0/s1. The summed E-state index contributed by atoms with van der Waals surface area (Å²) < 4.78 is 67.9. The largest absolute Gasteiger partial charge is 0.472 e. The van der Waals surface area contributed by atoms with Crippen LogP contribution in [0.4, 0.5) is 0 Å². The van der Waals surface area contributed by atoms with Crippen LogP contribution >= 0.6 is 15.6 Å². The molecule has 0 spiro atoms. The fraction of sp³-hybridized carbons (Fsp3) is 0.940. The quantitative estimate of drug-likeness (QED) is 0.0222. The third-order valence-electron chi connectivity index (χ3n) is 15.5. The maximum Gasteiger partial charge on any atom is 0.472 e. The number of carbonyl (C=O) groups excluding carboxylic acids is 4. The van der Waals surface area contributed by atoms with Gasteiger partial charge in [-0.15, -0.1) is 0 Å². The van der Waals surface area contributed by atoms with Crippen molar-refractivity contribution in [3.05, 3.63) is 0 Å². The molecule has 3 N–H and O–H groups in total. The molecule has 0 amide bonds. The molecule has 86 heavy (non-hydrogen) atoms. The van der Waals surface area contributed by atoms with Gasteiger partial charge in [-0.3, -0.25) is 37.3 Å².